The van der Waals surface area contributed by atoms with Crippen LogP contribution in [0.2, 0.25) is 0 Å². The molecule has 0 aromatic heterocycles. The summed E-state index contributed by atoms with van der Waals surface area (Å²) in [6.07, 6.45) is 72.2. The van der Waals surface area contributed by atoms with Gasteiger partial charge in [-0.25, -0.2) is 9.13 Å². The standard InChI is InChI=1S/C81H150O17P2/c1-5-9-13-17-21-25-29-33-37-41-45-49-53-57-61-65-78(83)91-71-76(97-80(85)67-63-59-55-51-47-43-39-35-31-27-23-19-15-11-7-3)73-95-99(87,88)93-69-75(82)70-94-100(89,90)96-74-77(98-81(86)68-64-60-56-52-48-44-40-36-32-28-24-20-16-12-8-4)72-92-79(84)66-62-58-54-50-46-42-38-34-30-26-22-18-14-10-6-2/h25,29,34-36,38-40,75-77,82H,5-24,26-28,30-33,37,41-74H2,1-4H3,(H,87,88)(H,89,90)/b29-25-,38-34-,39-35-,40-36-/t75-,76+,77+/m0/s1. The number of unbranched alkanes of at least 4 members (excludes halogenated alkanes) is 44. The van der Waals surface area contributed by atoms with Gasteiger partial charge in [-0.2, -0.15) is 0 Å². The maximum atomic E-state index is 13.1. The SMILES string of the molecule is CCCCCC/C=C\CCCCCCCCCC(=O)OC[C@H](COP(=O)(O)OC[C@H](O)COP(=O)(O)OC[C@@H](COC(=O)CCCCCCC/C=C\CCCCCCCC)OC(=O)CCCCCCC/C=C\CCCCCCCC)OC(=O)CCCCCCC/C=C\CCCCCCCC. The molecule has 0 aliphatic carbocycles. The average Bonchev–Trinajstić information content (AvgIpc) is 1.01. The van der Waals surface area contributed by atoms with E-state index in [-0.39, 0.29) is 25.7 Å². The van der Waals surface area contributed by atoms with E-state index in [9.17, 15) is 43.2 Å². The van der Waals surface area contributed by atoms with Crippen molar-refractivity contribution >= 4 is 39.5 Å². The number of phosphoric ester groups is 2. The van der Waals surface area contributed by atoms with Crippen molar-refractivity contribution in [1.29, 1.82) is 0 Å². The highest BCUT2D eigenvalue weighted by atomic mass is 31.2. The van der Waals surface area contributed by atoms with E-state index in [2.05, 4.69) is 76.3 Å². The molecule has 2 unspecified atom stereocenters. The minimum atomic E-state index is -4.97. The number of hydrogen-bond acceptors (Lipinski definition) is 15. The second-order valence-corrected chi connectivity index (χ2v) is 30.6. The third kappa shape index (κ3) is 73.3. The smallest absolute Gasteiger partial charge is 0.462 e. The molecule has 3 N–H and O–H groups in total. The van der Waals surface area contributed by atoms with Gasteiger partial charge in [-0.05, 0) is 128 Å². The van der Waals surface area contributed by atoms with Crippen LogP contribution in [0.1, 0.15) is 387 Å². The second kappa shape index (κ2) is 74.3. The van der Waals surface area contributed by atoms with Crippen LogP contribution in [0.25, 0.3) is 0 Å². The molecule has 100 heavy (non-hydrogen) atoms. The minimum Gasteiger partial charge on any atom is -0.462 e. The van der Waals surface area contributed by atoms with E-state index in [1.54, 1.807) is 0 Å². The Balaban J connectivity index is 5.34. The van der Waals surface area contributed by atoms with Crippen molar-refractivity contribution in [1.82, 2.24) is 0 Å². The summed E-state index contributed by atoms with van der Waals surface area (Å²) in [5.74, 6) is -2.17. The molecule has 17 nitrogen and oxygen atoms in total. The van der Waals surface area contributed by atoms with Gasteiger partial charge in [0, 0.05) is 25.7 Å². The van der Waals surface area contributed by atoms with Gasteiger partial charge in [-0.3, -0.25) is 37.3 Å². The van der Waals surface area contributed by atoms with Gasteiger partial charge in [0.1, 0.15) is 19.3 Å². The van der Waals surface area contributed by atoms with Crippen LogP contribution in [0.4, 0.5) is 0 Å². The van der Waals surface area contributed by atoms with Crippen LogP contribution in [-0.2, 0) is 65.4 Å². The topological polar surface area (TPSA) is 237 Å². The molecule has 0 aromatic rings. The van der Waals surface area contributed by atoms with Crippen molar-refractivity contribution in [3.8, 4) is 0 Å². The Bertz CT molecular complexity index is 2080. The Labute approximate surface area is 610 Å². The molecule has 0 amide bonds. The van der Waals surface area contributed by atoms with Crippen LogP contribution in [0.3, 0.4) is 0 Å². The highest BCUT2D eigenvalue weighted by Gasteiger charge is 2.30. The molecule has 0 spiro atoms. The van der Waals surface area contributed by atoms with E-state index < -0.39 is 97.5 Å². The number of ether oxygens (including phenoxy) is 4. The van der Waals surface area contributed by atoms with E-state index >= 15 is 0 Å². The van der Waals surface area contributed by atoms with E-state index in [4.69, 9.17) is 37.0 Å². The summed E-state index contributed by atoms with van der Waals surface area (Å²) in [6, 6.07) is 0. The molecule has 0 rings (SSSR count). The highest BCUT2D eigenvalue weighted by Crippen LogP contribution is 2.45. The van der Waals surface area contributed by atoms with Crippen LogP contribution in [0.15, 0.2) is 48.6 Å². The van der Waals surface area contributed by atoms with Gasteiger partial charge < -0.3 is 33.8 Å². The van der Waals surface area contributed by atoms with Crippen molar-refractivity contribution in [3.63, 3.8) is 0 Å². The van der Waals surface area contributed by atoms with Crippen molar-refractivity contribution < 1.29 is 80.2 Å². The molecule has 19 heteroatoms. The average molecular weight is 1460 g/mol. The molecule has 0 aliphatic rings. The first-order chi connectivity index (χ1) is 48.7. The zero-order valence-electron chi connectivity index (χ0n) is 64.1. The molecule has 0 saturated heterocycles. The molecule has 0 radical (unpaired) electrons. The summed E-state index contributed by atoms with van der Waals surface area (Å²) in [7, 11) is -9.94. The predicted octanol–water partition coefficient (Wildman–Crippen LogP) is 23.7. The van der Waals surface area contributed by atoms with Crippen LogP contribution < -0.4 is 0 Å². The van der Waals surface area contributed by atoms with E-state index in [0.717, 1.165) is 154 Å². The molecule has 0 bridgehead atoms. The van der Waals surface area contributed by atoms with Gasteiger partial charge >= 0.3 is 39.5 Å². The Morgan fingerprint density at radius 2 is 0.460 bits per heavy atom. The molecular weight excluding hydrogens is 1310 g/mol. The van der Waals surface area contributed by atoms with Crippen LogP contribution in [0, 0.1) is 0 Å². The van der Waals surface area contributed by atoms with Gasteiger partial charge in [-0.1, -0.05) is 282 Å². The van der Waals surface area contributed by atoms with Crippen molar-refractivity contribution in [3.05, 3.63) is 48.6 Å². The van der Waals surface area contributed by atoms with Crippen molar-refractivity contribution in [2.75, 3.05) is 39.6 Å². The Hall–Kier alpha value is -2.98. The number of aliphatic hydroxyl groups is 1. The first-order valence-electron chi connectivity index (χ1n) is 40.9. The van der Waals surface area contributed by atoms with Crippen LogP contribution >= 0.6 is 15.6 Å². The van der Waals surface area contributed by atoms with Gasteiger partial charge in [0.25, 0.3) is 0 Å². The van der Waals surface area contributed by atoms with Gasteiger partial charge in [-0.15, -0.1) is 0 Å². The number of rotatable bonds is 78. The maximum absolute atomic E-state index is 13.1. The molecule has 0 fully saturated rings. The summed E-state index contributed by atoms with van der Waals surface area (Å²) < 4.78 is 68.6. The Morgan fingerprint density at radius 3 is 0.700 bits per heavy atom. The molecule has 0 aromatic carbocycles. The van der Waals surface area contributed by atoms with Crippen LogP contribution in [-0.4, -0.2) is 96.7 Å². The first-order valence-corrected chi connectivity index (χ1v) is 43.9. The van der Waals surface area contributed by atoms with Crippen LogP contribution in [0.5, 0.6) is 0 Å². The minimum absolute atomic E-state index is 0.0886. The van der Waals surface area contributed by atoms with Crippen molar-refractivity contribution in [2.45, 2.75) is 406 Å². The summed E-state index contributed by atoms with van der Waals surface area (Å²) in [5, 5.41) is 10.6. The molecule has 0 saturated carbocycles. The second-order valence-electron chi connectivity index (χ2n) is 27.7. The van der Waals surface area contributed by atoms with Gasteiger partial charge in [0.05, 0.1) is 26.4 Å². The molecule has 0 aliphatic heterocycles. The predicted molar refractivity (Wildman–Crippen MR) is 409 cm³/mol. The number of carbonyl (C=O) groups excluding carboxylic acids is 4. The molecule has 586 valence electrons. The lowest BCUT2D eigenvalue weighted by atomic mass is 10.1. The number of hydrogen-bond donors (Lipinski definition) is 3. The first kappa shape index (κ1) is 97.0. The molecule has 0 heterocycles. The maximum Gasteiger partial charge on any atom is 0.472 e. The third-order valence-corrected chi connectivity index (χ3v) is 19.6. The van der Waals surface area contributed by atoms with Gasteiger partial charge in [0.2, 0.25) is 0 Å². The summed E-state index contributed by atoms with van der Waals surface area (Å²) in [5.41, 5.74) is 0. The van der Waals surface area contributed by atoms with Gasteiger partial charge in [0.15, 0.2) is 12.2 Å². The number of phosphoric acid groups is 2. The zero-order valence-corrected chi connectivity index (χ0v) is 65.9. The molecule has 5 atom stereocenters. The summed E-state index contributed by atoms with van der Waals surface area (Å²) in [6.45, 7) is 4.90. The van der Waals surface area contributed by atoms with Crippen molar-refractivity contribution in [2.24, 2.45) is 0 Å². The quantitative estimate of drug-likeness (QED) is 0.0169. The lowest BCUT2D eigenvalue weighted by molar-refractivity contribution is -0.161. The lowest BCUT2D eigenvalue weighted by Crippen LogP contribution is -2.30. The molecular formula is C81H150O17P2. The number of esters is 4. The zero-order chi connectivity index (χ0) is 73.2. The normalized spacial score (nSPS) is 14.1. The third-order valence-electron chi connectivity index (χ3n) is 17.7. The summed E-state index contributed by atoms with van der Waals surface area (Å²) >= 11 is 0. The fourth-order valence-electron chi connectivity index (χ4n) is 11.4. The van der Waals surface area contributed by atoms with E-state index in [1.807, 2.05) is 0 Å². The highest BCUT2D eigenvalue weighted by molar-refractivity contribution is 7.47. The van der Waals surface area contributed by atoms with E-state index in [1.165, 1.54) is 154 Å². The fourth-order valence-corrected chi connectivity index (χ4v) is 13.0. The largest absolute Gasteiger partial charge is 0.472 e. The Morgan fingerprint density at radius 1 is 0.270 bits per heavy atom. The monoisotopic (exact) mass is 1460 g/mol. The lowest BCUT2D eigenvalue weighted by Gasteiger charge is -2.21. The fraction of sp³-hybridized carbons (Fsp3) is 0.852. The summed E-state index contributed by atoms with van der Waals surface area (Å²) in [4.78, 5) is 73.0. The number of aliphatic hydroxyl groups excluding tert-OH is 1. The van der Waals surface area contributed by atoms with E-state index in [0.29, 0.717) is 25.7 Å². The Kier molecular flexibility index (Phi) is 72.1. The number of carbonyl (C=O) groups is 4. The number of allylic oxidation sites excluding steroid dienone is 8.